The van der Waals surface area contributed by atoms with Crippen molar-refractivity contribution in [1.29, 1.82) is 5.26 Å². The van der Waals surface area contributed by atoms with Crippen LogP contribution in [-0.4, -0.2) is 20.5 Å². The number of hydrogen-bond donors (Lipinski definition) is 1. The summed E-state index contributed by atoms with van der Waals surface area (Å²) >= 11 is 6.42. The maximum absolute atomic E-state index is 12.2. The molecular formula is C14H14N4O2S2. The van der Waals surface area contributed by atoms with Gasteiger partial charge in [-0.1, -0.05) is 0 Å². The average Bonchev–Trinajstić information content (AvgIpc) is 2.77. The highest BCUT2D eigenvalue weighted by Gasteiger charge is 2.14. The summed E-state index contributed by atoms with van der Waals surface area (Å²) in [6.07, 6.45) is 1.28. The minimum atomic E-state index is -0.437. The molecule has 0 unspecified atom stereocenters. The van der Waals surface area contributed by atoms with E-state index in [0.717, 1.165) is 10.4 Å². The van der Waals surface area contributed by atoms with E-state index in [2.05, 4.69) is 11.1 Å². The third-order valence-electron chi connectivity index (χ3n) is 3.46. The molecule has 22 heavy (non-hydrogen) atoms. The first-order valence-electron chi connectivity index (χ1n) is 6.32. The highest BCUT2D eigenvalue weighted by Crippen LogP contribution is 2.34. The fourth-order valence-corrected chi connectivity index (χ4v) is 3.05. The molecule has 0 aliphatic carbocycles. The molecule has 0 amide bonds. The summed E-state index contributed by atoms with van der Waals surface area (Å²) in [5.74, 6) is -0.250. The lowest BCUT2D eigenvalue weighted by Gasteiger charge is -2.08. The number of thiophene rings is 1. The van der Waals surface area contributed by atoms with Gasteiger partial charge in [0.15, 0.2) is 4.77 Å². The van der Waals surface area contributed by atoms with Crippen LogP contribution in [0, 0.1) is 29.9 Å². The van der Waals surface area contributed by atoms with E-state index in [-0.39, 0.29) is 16.2 Å². The average molecular weight is 334 g/mol. The zero-order valence-electron chi connectivity index (χ0n) is 12.5. The molecule has 2 aromatic rings. The lowest BCUT2D eigenvalue weighted by Crippen LogP contribution is -2.25. The molecule has 0 fully saturated rings. The van der Waals surface area contributed by atoms with E-state index in [0.29, 0.717) is 10.6 Å². The van der Waals surface area contributed by atoms with Gasteiger partial charge in [0.1, 0.15) is 16.6 Å². The van der Waals surface area contributed by atoms with Crippen LogP contribution in [0.4, 0.5) is 5.00 Å². The quantitative estimate of drug-likeness (QED) is 0.675. The van der Waals surface area contributed by atoms with Gasteiger partial charge in [0.2, 0.25) is 5.88 Å². The van der Waals surface area contributed by atoms with E-state index in [1.165, 1.54) is 33.7 Å². The third-order valence-corrected chi connectivity index (χ3v) is 5.12. The van der Waals surface area contributed by atoms with Crippen molar-refractivity contribution in [3.8, 4) is 11.9 Å². The SMILES string of the molecule is Cc1sc(/N=C/c2c(O)n(C)c(=S)n(C)c2=O)c(C#N)c1C. The Morgan fingerprint density at radius 3 is 2.59 bits per heavy atom. The molecular weight excluding hydrogens is 320 g/mol. The van der Waals surface area contributed by atoms with Gasteiger partial charge in [-0.05, 0) is 31.6 Å². The Morgan fingerprint density at radius 1 is 1.36 bits per heavy atom. The number of nitriles is 1. The van der Waals surface area contributed by atoms with Crippen LogP contribution in [0.15, 0.2) is 9.79 Å². The van der Waals surface area contributed by atoms with E-state index < -0.39 is 5.56 Å². The minimum Gasteiger partial charge on any atom is -0.494 e. The molecule has 0 saturated heterocycles. The summed E-state index contributed by atoms with van der Waals surface area (Å²) in [6, 6.07) is 2.11. The van der Waals surface area contributed by atoms with Crippen LogP contribution in [0.3, 0.4) is 0 Å². The summed E-state index contributed by atoms with van der Waals surface area (Å²) in [7, 11) is 3.09. The maximum Gasteiger partial charge on any atom is 0.266 e. The molecule has 2 rings (SSSR count). The van der Waals surface area contributed by atoms with Gasteiger partial charge in [0.25, 0.3) is 5.56 Å². The van der Waals surface area contributed by atoms with Gasteiger partial charge in [-0.25, -0.2) is 4.99 Å². The molecule has 0 atom stereocenters. The van der Waals surface area contributed by atoms with Crippen molar-refractivity contribution in [3.05, 3.63) is 36.7 Å². The number of aryl methyl sites for hydroxylation is 1. The van der Waals surface area contributed by atoms with Crippen molar-refractivity contribution >= 4 is 34.8 Å². The fourth-order valence-electron chi connectivity index (χ4n) is 1.93. The number of aromatic nitrogens is 2. The molecule has 6 nitrogen and oxygen atoms in total. The Morgan fingerprint density at radius 2 is 2.00 bits per heavy atom. The summed E-state index contributed by atoms with van der Waals surface area (Å²) < 4.78 is 2.79. The van der Waals surface area contributed by atoms with Crippen LogP contribution >= 0.6 is 23.6 Å². The zero-order chi connectivity index (χ0) is 16.6. The molecule has 8 heteroatoms. The topological polar surface area (TPSA) is 83.3 Å². The van der Waals surface area contributed by atoms with Crippen molar-refractivity contribution in [1.82, 2.24) is 9.13 Å². The van der Waals surface area contributed by atoms with Crippen molar-refractivity contribution in [2.24, 2.45) is 19.1 Å². The smallest absolute Gasteiger partial charge is 0.266 e. The van der Waals surface area contributed by atoms with Gasteiger partial charge in [-0.3, -0.25) is 13.9 Å². The van der Waals surface area contributed by atoms with Gasteiger partial charge >= 0.3 is 0 Å². The lowest BCUT2D eigenvalue weighted by atomic mass is 10.2. The first kappa shape index (κ1) is 16.1. The maximum atomic E-state index is 12.2. The summed E-state index contributed by atoms with van der Waals surface area (Å²) in [4.78, 5) is 17.4. The predicted octanol–water partition coefficient (Wildman–Crippen LogP) is 2.46. The fraction of sp³-hybridized carbons (Fsp3) is 0.286. The molecule has 0 aromatic carbocycles. The third kappa shape index (κ3) is 2.49. The molecule has 1 N–H and O–H groups in total. The molecule has 2 heterocycles. The van der Waals surface area contributed by atoms with Crippen LogP contribution in [-0.2, 0) is 14.1 Å². The Kier molecular flexibility index (Phi) is 4.30. The number of aliphatic imine (C=N–C) groups is 1. The summed E-state index contributed by atoms with van der Waals surface area (Å²) in [5.41, 5.74) is 0.960. The second-order valence-electron chi connectivity index (χ2n) is 4.78. The van der Waals surface area contributed by atoms with Crippen molar-refractivity contribution in [2.45, 2.75) is 13.8 Å². The van der Waals surface area contributed by atoms with E-state index in [9.17, 15) is 15.2 Å². The number of aromatic hydroxyl groups is 1. The number of rotatable bonds is 2. The Labute approximate surface area is 136 Å². The molecule has 0 spiro atoms. The minimum absolute atomic E-state index is 0.0335. The molecule has 0 aliphatic rings. The van der Waals surface area contributed by atoms with Crippen molar-refractivity contribution in [3.63, 3.8) is 0 Å². The van der Waals surface area contributed by atoms with Gasteiger partial charge in [-0.15, -0.1) is 11.3 Å². The molecule has 0 radical (unpaired) electrons. The standard InChI is InChI=1S/C14H14N4O2S2/c1-7-8(2)22-11(9(7)5-15)16-6-10-12(19)17(3)14(21)18(4)13(10)20/h6,19H,1-4H3/b16-6+. The van der Waals surface area contributed by atoms with E-state index in [1.54, 1.807) is 7.05 Å². The Hall–Kier alpha value is -2.24. The second kappa shape index (κ2) is 5.87. The second-order valence-corrected chi connectivity index (χ2v) is 6.34. The molecule has 0 aliphatic heterocycles. The van der Waals surface area contributed by atoms with Gasteiger partial charge in [0.05, 0.1) is 5.56 Å². The number of hydrogen-bond acceptors (Lipinski definition) is 6. The highest BCUT2D eigenvalue weighted by atomic mass is 32.1. The first-order valence-corrected chi connectivity index (χ1v) is 7.55. The largest absolute Gasteiger partial charge is 0.494 e. The number of nitrogens with zero attached hydrogens (tertiary/aromatic N) is 4. The normalized spacial score (nSPS) is 11.0. The van der Waals surface area contributed by atoms with Crippen molar-refractivity contribution < 1.29 is 5.11 Å². The van der Waals surface area contributed by atoms with Gasteiger partial charge in [-0.2, -0.15) is 5.26 Å². The monoisotopic (exact) mass is 334 g/mol. The van der Waals surface area contributed by atoms with Gasteiger partial charge < -0.3 is 5.11 Å². The summed E-state index contributed by atoms with van der Waals surface area (Å²) in [6.45, 7) is 3.76. The summed E-state index contributed by atoms with van der Waals surface area (Å²) in [5, 5.41) is 19.8. The van der Waals surface area contributed by atoms with E-state index in [4.69, 9.17) is 12.2 Å². The molecule has 2 aromatic heterocycles. The van der Waals surface area contributed by atoms with Gasteiger partial charge in [0, 0.05) is 25.2 Å². The lowest BCUT2D eigenvalue weighted by molar-refractivity contribution is 0.415. The molecule has 114 valence electrons. The van der Waals surface area contributed by atoms with Crippen LogP contribution in [0.2, 0.25) is 0 Å². The highest BCUT2D eigenvalue weighted by molar-refractivity contribution is 7.71. The van der Waals surface area contributed by atoms with Crippen LogP contribution in [0.25, 0.3) is 0 Å². The molecule has 0 saturated carbocycles. The van der Waals surface area contributed by atoms with E-state index in [1.807, 2.05) is 13.8 Å². The van der Waals surface area contributed by atoms with E-state index >= 15 is 0 Å². The first-order chi connectivity index (χ1) is 10.3. The van der Waals surface area contributed by atoms with Crippen LogP contribution < -0.4 is 5.56 Å². The Balaban J connectivity index is 2.63. The van der Waals surface area contributed by atoms with Crippen LogP contribution in [0.1, 0.15) is 21.6 Å². The predicted molar refractivity (Wildman–Crippen MR) is 88.9 cm³/mol. The zero-order valence-corrected chi connectivity index (χ0v) is 14.2. The Bertz CT molecular complexity index is 942. The molecule has 0 bridgehead atoms. The van der Waals surface area contributed by atoms with Crippen molar-refractivity contribution in [2.75, 3.05) is 0 Å². The van der Waals surface area contributed by atoms with Crippen LogP contribution in [0.5, 0.6) is 5.88 Å².